The van der Waals surface area contributed by atoms with Crippen LogP contribution in [0.25, 0.3) is 0 Å². The molecular formula is C16H14Cl2Si. The number of benzene rings is 2. The Morgan fingerprint density at radius 2 is 1.00 bits per heavy atom. The zero-order chi connectivity index (χ0) is 13.3. The minimum absolute atomic E-state index is 0.169. The molecule has 96 valence electrons. The molecule has 2 aromatic rings. The number of hydrogen-bond acceptors (Lipinski definition) is 0. The molecule has 0 amide bonds. The Morgan fingerprint density at radius 1 is 0.632 bits per heavy atom. The highest BCUT2D eigenvalue weighted by molar-refractivity contribution is 7.46. The maximum atomic E-state index is 6.81. The number of hydrogen-bond donors (Lipinski definition) is 0. The third-order valence-corrected chi connectivity index (χ3v) is 9.17. The molecule has 1 heterocycles. The van der Waals surface area contributed by atoms with Crippen molar-refractivity contribution in [3.05, 3.63) is 83.9 Å². The van der Waals surface area contributed by atoms with Gasteiger partial charge in [-0.25, -0.2) is 0 Å². The van der Waals surface area contributed by atoms with Gasteiger partial charge in [0.1, 0.15) is 0 Å². The average molecular weight is 305 g/mol. The molecule has 0 N–H and O–H groups in total. The van der Waals surface area contributed by atoms with Crippen LogP contribution in [0.5, 0.6) is 0 Å². The van der Waals surface area contributed by atoms with Crippen LogP contribution in [0.15, 0.2) is 72.8 Å². The highest BCUT2D eigenvalue weighted by atomic mass is 35.7. The van der Waals surface area contributed by atoms with Gasteiger partial charge < -0.3 is 0 Å². The number of rotatable bonds is 2. The minimum atomic E-state index is -2.45. The fourth-order valence-electron chi connectivity index (χ4n) is 2.66. The first-order valence-electron chi connectivity index (χ1n) is 6.35. The summed E-state index contributed by atoms with van der Waals surface area (Å²) >= 11 is 13.6. The van der Waals surface area contributed by atoms with Crippen molar-refractivity contribution in [1.29, 1.82) is 0 Å². The van der Waals surface area contributed by atoms with Gasteiger partial charge in [0.25, 0.3) is 6.69 Å². The monoisotopic (exact) mass is 304 g/mol. The smallest absolute Gasteiger partial charge is 0.144 e. The lowest BCUT2D eigenvalue weighted by Gasteiger charge is -2.26. The predicted molar refractivity (Wildman–Crippen MR) is 85.0 cm³/mol. The fourth-order valence-corrected chi connectivity index (χ4v) is 7.44. The molecular weight excluding hydrogens is 291 g/mol. The van der Waals surface area contributed by atoms with Gasteiger partial charge >= 0.3 is 0 Å². The van der Waals surface area contributed by atoms with E-state index in [0.29, 0.717) is 0 Å². The van der Waals surface area contributed by atoms with Gasteiger partial charge in [-0.2, -0.15) is 0 Å². The summed E-state index contributed by atoms with van der Waals surface area (Å²) in [5.74, 6) is 0. The lowest BCUT2D eigenvalue weighted by Crippen LogP contribution is -2.32. The third kappa shape index (κ3) is 2.38. The summed E-state index contributed by atoms with van der Waals surface area (Å²) in [6, 6.07) is 20.6. The van der Waals surface area contributed by atoms with Crippen molar-refractivity contribution in [2.24, 2.45) is 0 Å². The van der Waals surface area contributed by atoms with Crippen LogP contribution >= 0.6 is 22.2 Å². The van der Waals surface area contributed by atoms with Crippen LogP contribution < -0.4 is 0 Å². The highest BCUT2D eigenvalue weighted by Gasteiger charge is 2.48. The van der Waals surface area contributed by atoms with Crippen molar-refractivity contribution in [1.82, 2.24) is 0 Å². The van der Waals surface area contributed by atoms with E-state index in [0.717, 1.165) is 0 Å². The molecule has 0 aromatic heterocycles. The first kappa shape index (κ1) is 13.0. The summed E-state index contributed by atoms with van der Waals surface area (Å²) in [4.78, 5) is 0. The van der Waals surface area contributed by atoms with Crippen LogP contribution in [0.4, 0.5) is 0 Å². The maximum absolute atomic E-state index is 6.81. The van der Waals surface area contributed by atoms with Crippen molar-refractivity contribution in [3.8, 4) is 0 Å². The largest absolute Gasteiger partial charge is 0.273 e. The van der Waals surface area contributed by atoms with Crippen LogP contribution in [-0.2, 0) is 0 Å². The maximum Gasteiger partial charge on any atom is 0.273 e. The molecule has 1 aliphatic rings. The Labute approximate surface area is 124 Å². The molecule has 0 saturated heterocycles. The van der Waals surface area contributed by atoms with E-state index in [4.69, 9.17) is 22.2 Å². The Balaban J connectivity index is 1.95. The summed E-state index contributed by atoms with van der Waals surface area (Å²) in [7, 11) is 0. The second-order valence-corrected chi connectivity index (χ2v) is 11.8. The van der Waals surface area contributed by atoms with Gasteiger partial charge in [0, 0.05) is 11.1 Å². The van der Waals surface area contributed by atoms with E-state index in [1.807, 2.05) is 36.4 Å². The van der Waals surface area contributed by atoms with Crippen molar-refractivity contribution in [2.75, 3.05) is 0 Å². The van der Waals surface area contributed by atoms with E-state index in [2.05, 4.69) is 36.4 Å². The lowest BCUT2D eigenvalue weighted by atomic mass is 10.1. The van der Waals surface area contributed by atoms with Gasteiger partial charge in [-0.15, -0.1) is 22.2 Å². The van der Waals surface area contributed by atoms with Crippen LogP contribution in [0.2, 0.25) is 0 Å². The summed E-state index contributed by atoms with van der Waals surface area (Å²) in [6.45, 7) is -2.45. The van der Waals surface area contributed by atoms with Gasteiger partial charge in [-0.1, -0.05) is 72.8 Å². The molecule has 19 heavy (non-hydrogen) atoms. The molecule has 3 rings (SSSR count). The summed E-state index contributed by atoms with van der Waals surface area (Å²) in [5.41, 5.74) is 2.77. The predicted octanol–water partition coefficient (Wildman–Crippen LogP) is 5.12. The first-order valence-corrected chi connectivity index (χ1v) is 10.5. The standard InChI is InChI=1S/C16H14Cl2Si/c17-19(18)15(13-7-3-1-4-8-13)11-12-16(19)14-9-5-2-6-10-14/h1-12,15-16H/t15-,16+. The van der Waals surface area contributed by atoms with E-state index >= 15 is 0 Å². The Morgan fingerprint density at radius 3 is 1.37 bits per heavy atom. The summed E-state index contributed by atoms with van der Waals surface area (Å²) in [6.07, 6.45) is 4.36. The molecule has 0 saturated carbocycles. The van der Waals surface area contributed by atoms with Crippen molar-refractivity contribution < 1.29 is 0 Å². The molecule has 0 aliphatic carbocycles. The van der Waals surface area contributed by atoms with Gasteiger partial charge in [0.15, 0.2) is 0 Å². The minimum Gasteiger partial charge on any atom is -0.144 e. The molecule has 0 nitrogen and oxygen atoms in total. The molecule has 0 radical (unpaired) electrons. The summed E-state index contributed by atoms with van der Waals surface area (Å²) in [5, 5.41) is 0. The van der Waals surface area contributed by atoms with Crippen LogP contribution in [0, 0.1) is 0 Å². The second-order valence-electron chi connectivity index (χ2n) is 4.84. The molecule has 0 bridgehead atoms. The van der Waals surface area contributed by atoms with E-state index in [9.17, 15) is 0 Å². The Kier molecular flexibility index (Phi) is 3.53. The fraction of sp³-hybridized carbons (Fsp3) is 0.125. The van der Waals surface area contributed by atoms with E-state index in [1.165, 1.54) is 11.1 Å². The second kappa shape index (κ2) is 5.16. The number of halogens is 2. The van der Waals surface area contributed by atoms with Gasteiger partial charge in [-0.3, -0.25) is 0 Å². The van der Waals surface area contributed by atoms with Crippen LogP contribution in [0.3, 0.4) is 0 Å². The molecule has 0 spiro atoms. The average Bonchev–Trinajstić information content (AvgIpc) is 2.76. The molecule has 2 atom stereocenters. The summed E-state index contributed by atoms with van der Waals surface area (Å²) < 4.78 is 0. The zero-order valence-corrected chi connectivity index (χ0v) is 12.9. The van der Waals surface area contributed by atoms with Crippen LogP contribution in [0.1, 0.15) is 22.2 Å². The highest BCUT2D eigenvalue weighted by Crippen LogP contribution is 2.49. The topological polar surface area (TPSA) is 0 Å². The van der Waals surface area contributed by atoms with Crippen molar-refractivity contribution in [3.63, 3.8) is 0 Å². The Bertz CT molecular complexity index is 527. The zero-order valence-electron chi connectivity index (χ0n) is 10.3. The molecule has 3 heteroatoms. The quantitative estimate of drug-likeness (QED) is 0.410. The van der Waals surface area contributed by atoms with Crippen LogP contribution in [-0.4, -0.2) is 6.69 Å². The van der Waals surface area contributed by atoms with Gasteiger partial charge in [-0.05, 0) is 11.1 Å². The lowest BCUT2D eigenvalue weighted by molar-refractivity contribution is 1.15. The molecule has 0 fully saturated rings. The van der Waals surface area contributed by atoms with E-state index < -0.39 is 6.69 Å². The van der Waals surface area contributed by atoms with Gasteiger partial charge in [0.05, 0.1) is 0 Å². The first-order chi connectivity index (χ1) is 9.19. The van der Waals surface area contributed by atoms with Gasteiger partial charge in [0.2, 0.25) is 0 Å². The number of allylic oxidation sites excluding steroid dienone is 2. The van der Waals surface area contributed by atoms with Crippen molar-refractivity contribution >= 4 is 28.9 Å². The molecule has 0 unspecified atom stereocenters. The Hall–Kier alpha value is -1.02. The molecule has 1 aliphatic heterocycles. The van der Waals surface area contributed by atoms with E-state index in [-0.39, 0.29) is 11.1 Å². The molecule has 2 aromatic carbocycles. The van der Waals surface area contributed by atoms with E-state index in [1.54, 1.807) is 0 Å². The van der Waals surface area contributed by atoms with Crippen molar-refractivity contribution in [2.45, 2.75) is 11.1 Å². The third-order valence-electron chi connectivity index (χ3n) is 3.64. The normalized spacial score (nSPS) is 24.5. The SMILES string of the molecule is Cl[Si]1(Cl)[C@@H](c2ccccc2)C=C[C@H]1c1ccccc1.